The van der Waals surface area contributed by atoms with E-state index in [0.29, 0.717) is 19.4 Å². The highest BCUT2D eigenvalue weighted by Crippen LogP contribution is 2.52. The number of epoxide rings is 1. The smallest absolute Gasteiger partial charge is 0.148 e. The van der Waals surface area contributed by atoms with Crippen LogP contribution < -0.4 is 0 Å². The molecule has 1 aliphatic heterocycles. The molecule has 0 N–H and O–H groups in total. The Morgan fingerprint density at radius 3 is 1.84 bits per heavy atom. The van der Waals surface area contributed by atoms with Crippen molar-refractivity contribution in [3.05, 3.63) is 69.8 Å². The molecule has 1 unspecified atom stereocenters. The Hall–Kier alpha value is -2.26. The molecule has 2 fully saturated rings. The number of carbonyl (C=O) groups is 2. The van der Waals surface area contributed by atoms with Gasteiger partial charge in [0.25, 0.3) is 0 Å². The van der Waals surface area contributed by atoms with Crippen LogP contribution in [0.2, 0.25) is 0 Å². The van der Waals surface area contributed by atoms with Crippen LogP contribution in [0.25, 0.3) is 0 Å². The number of ether oxygens (including phenoxy) is 1. The summed E-state index contributed by atoms with van der Waals surface area (Å²) < 4.78 is 6.13. The Bertz CT molecular complexity index is 1070. The van der Waals surface area contributed by atoms with Gasteiger partial charge in [-0.25, -0.2) is 0 Å². The molecule has 31 heavy (non-hydrogen) atoms. The summed E-state index contributed by atoms with van der Waals surface area (Å²) in [5.41, 5.74) is 7.27. The quantitative estimate of drug-likeness (QED) is 0.481. The fourth-order valence-electron chi connectivity index (χ4n) is 5.74. The summed E-state index contributed by atoms with van der Waals surface area (Å²) >= 11 is 0. The Kier molecular flexibility index (Phi) is 4.41. The molecule has 2 aliphatic carbocycles. The van der Waals surface area contributed by atoms with Gasteiger partial charge < -0.3 is 4.74 Å². The van der Waals surface area contributed by atoms with Crippen LogP contribution in [0.15, 0.2) is 36.4 Å². The summed E-state index contributed by atoms with van der Waals surface area (Å²) in [5.74, 6) is -0.477. The number of hydrogen-bond acceptors (Lipinski definition) is 3. The second kappa shape index (κ2) is 6.62. The fraction of sp³-hybridized carbons (Fsp3) is 0.500. The Morgan fingerprint density at radius 2 is 1.32 bits per heavy atom. The number of carbonyl (C=O) groups excluding carboxylic acids is 2. The lowest BCUT2D eigenvalue weighted by Gasteiger charge is -2.42. The van der Waals surface area contributed by atoms with E-state index in [4.69, 9.17) is 4.74 Å². The summed E-state index contributed by atoms with van der Waals surface area (Å²) in [5, 5.41) is 0. The zero-order chi connectivity index (χ0) is 22.2. The predicted octanol–water partition coefficient (Wildman–Crippen LogP) is 5.63. The van der Waals surface area contributed by atoms with Crippen molar-refractivity contribution in [3.8, 4) is 0 Å². The zero-order valence-electron chi connectivity index (χ0n) is 19.3. The molecule has 1 heterocycles. The second-order valence-electron chi connectivity index (χ2n) is 11.1. The molecule has 0 amide bonds. The maximum Gasteiger partial charge on any atom is 0.148 e. The van der Waals surface area contributed by atoms with E-state index < -0.39 is 11.5 Å². The van der Waals surface area contributed by atoms with Crippen molar-refractivity contribution in [2.75, 3.05) is 6.61 Å². The lowest BCUT2D eigenvalue weighted by Crippen LogP contribution is -2.34. The first-order chi connectivity index (χ1) is 14.6. The van der Waals surface area contributed by atoms with Crippen molar-refractivity contribution in [1.29, 1.82) is 0 Å². The monoisotopic (exact) mass is 416 g/mol. The zero-order valence-corrected chi connectivity index (χ0v) is 19.3. The largest absolute Gasteiger partial charge is 0.359 e. The number of fused-ring (bicyclic) bond motifs is 1. The van der Waals surface area contributed by atoms with Crippen LogP contribution in [0.1, 0.15) is 92.7 Å². The molecule has 3 nitrogen and oxygen atoms in total. The van der Waals surface area contributed by atoms with E-state index in [1.54, 1.807) is 0 Å². The maximum absolute atomic E-state index is 12.1. The SMILES string of the molecule is Cc1cc2c(cc1C1(c3ccc(C4C(=O)CCC4=O)cc3)CO1)C(C)(C)CCC2(C)C. The topological polar surface area (TPSA) is 46.7 Å². The van der Waals surface area contributed by atoms with Gasteiger partial charge in [0.05, 0.1) is 6.61 Å². The van der Waals surface area contributed by atoms with Gasteiger partial charge in [0.1, 0.15) is 23.1 Å². The van der Waals surface area contributed by atoms with E-state index in [2.05, 4.69) is 58.9 Å². The number of aryl methyl sites for hydroxylation is 1. The van der Waals surface area contributed by atoms with Crippen LogP contribution in [-0.4, -0.2) is 18.2 Å². The van der Waals surface area contributed by atoms with E-state index in [1.165, 1.54) is 35.1 Å². The minimum absolute atomic E-state index is 0.0468. The van der Waals surface area contributed by atoms with Gasteiger partial charge in [-0.05, 0) is 64.0 Å². The molecule has 3 heteroatoms. The van der Waals surface area contributed by atoms with Crippen LogP contribution in [0.3, 0.4) is 0 Å². The summed E-state index contributed by atoms with van der Waals surface area (Å²) in [4.78, 5) is 24.3. The molecule has 0 radical (unpaired) electrons. The molecule has 2 aromatic rings. The molecule has 5 rings (SSSR count). The Balaban J connectivity index is 1.55. The number of rotatable bonds is 3. The van der Waals surface area contributed by atoms with Crippen molar-refractivity contribution in [2.45, 2.75) is 82.7 Å². The summed E-state index contributed by atoms with van der Waals surface area (Å²) in [6.45, 7) is 12.3. The molecular weight excluding hydrogens is 384 g/mol. The van der Waals surface area contributed by atoms with Gasteiger partial charge in [0, 0.05) is 12.8 Å². The molecule has 0 spiro atoms. The Morgan fingerprint density at radius 1 is 0.806 bits per heavy atom. The highest BCUT2D eigenvalue weighted by Gasteiger charge is 2.50. The molecule has 1 saturated heterocycles. The lowest BCUT2D eigenvalue weighted by atomic mass is 9.62. The van der Waals surface area contributed by atoms with Crippen molar-refractivity contribution < 1.29 is 14.3 Å². The van der Waals surface area contributed by atoms with Crippen molar-refractivity contribution in [2.24, 2.45) is 0 Å². The van der Waals surface area contributed by atoms with E-state index in [-0.39, 0.29) is 22.4 Å². The maximum atomic E-state index is 12.1. The first kappa shape index (κ1) is 20.6. The van der Waals surface area contributed by atoms with Crippen LogP contribution in [0.4, 0.5) is 0 Å². The van der Waals surface area contributed by atoms with Crippen molar-refractivity contribution in [3.63, 3.8) is 0 Å². The van der Waals surface area contributed by atoms with Crippen molar-refractivity contribution in [1.82, 2.24) is 0 Å². The van der Waals surface area contributed by atoms with Crippen LogP contribution in [0.5, 0.6) is 0 Å². The molecule has 0 aromatic heterocycles. The molecule has 0 bridgehead atoms. The van der Waals surface area contributed by atoms with Crippen molar-refractivity contribution >= 4 is 11.6 Å². The molecule has 1 atom stereocenters. The molecule has 1 saturated carbocycles. The van der Waals surface area contributed by atoms with Gasteiger partial charge >= 0.3 is 0 Å². The summed E-state index contributed by atoms with van der Waals surface area (Å²) in [6.07, 6.45) is 3.13. The number of hydrogen-bond donors (Lipinski definition) is 0. The van der Waals surface area contributed by atoms with Gasteiger partial charge in [-0.3, -0.25) is 9.59 Å². The number of ketones is 2. The molecule has 3 aliphatic rings. The fourth-order valence-corrected chi connectivity index (χ4v) is 5.74. The molecule has 162 valence electrons. The highest BCUT2D eigenvalue weighted by atomic mass is 16.6. The van der Waals surface area contributed by atoms with Gasteiger partial charge in [-0.2, -0.15) is 0 Å². The first-order valence-corrected chi connectivity index (χ1v) is 11.5. The van der Waals surface area contributed by atoms with Crippen LogP contribution in [0, 0.1) is 6.92 Å². The lowest BCUT2D eigenvalue weighted by molar-refractivity contribution is -0.123. The number of benzene rings is 2. The second-order valence-corrected chi connectivity index (χ2v) is 11.1. The average molecular weight is 417 g/mol. The third kappa shape index (κ3) is 3.12. The highest BCUT2D eigenvalue weighted by molar-refractivity contribution is 6.13. The molecular formula is C28H32O3. The van der Waals surface area contributed by atoms with E-state index in [1.807, 2.05) is 12.1 Å². The van der Waals surface area contributed by atoms with Gasteiger partial charge in [-0.1, -0.05) is 64.1 Å². The van der Waals surface area contributed by atoms with Gasteiger partial charge in [0.2, 0.25) is 0 Å². The van der Waals surface area contributed by atoms with Gasteiger partial charge in [-0.15, -0.1) is 0 Å². The minimum atomic E-state index is -0.571. The minimum Gasteiger partial charge on any atom is -0.359 e. The first-order valence-electron chi connectivity index (χ1n) is 11.5. The van der Waals surface area contributed by atoms with Crippen LogP contribution >= 0.6 is 0 Å². The third-order valence-electron chi connectivity index (χ3n) is 8.04. The average Bonchev–Trinajstić information content (AvgIpc) is 3.45. The standard InChI is InChI=1S/C28H32O3/c1-17-14-21-22(27(4,5)13-12-26(21,2)3)15-20(17)28(16-31-28)19-8-6-18(7-9-19)25-23(29)10-11-24(25)30/h6-9,14-15,25H,10-13,16H2,1-5H3. The van der Waals surface area contributed by atoms with E-state index in [9.17, 15) is 9.59 Å². The number of Topliss-reactive ketones (excluding diaryl/α,β-unsaturated/α-hetero) is 2. The normalized spacial score (nSPS) is 26.7. The molecule has 2 aromatic carbocycles. The summed E-state index contributed by atoms with van der Waals surface area (Å²) in [7, 11) is 0. The van der Waals surface area contributed by atoms with Crippen LogP contribution in [-0.2, 0) is 30.8 Å². The third-order valence-corrected chi connectivity index (χ3v) is 8.04. The summed E-state index contributed by atoms with van der Waals surface area (Å²) in [6, 6.07) is 12.8. The Labute approximate surface area is 185 Å². The predicted molar refractivity (Wildman–Crippen MR) is 122 cm³/mol. The van der Waals surface area contributed by atoms with Gasteiger partial charge in [0.15, 0.2) is 0 Å². The van der Waals surface area contributed by atoms with E-state index in [0.717, 1.165) is 11.1 Å². The van der Waals surface area contributed by atoms with E-state index >= 15 is 0 Å².